The van der Waals surface area contributed by atoms with Gasteiger partial charge in [0.05, 0.1) is 12.1 Å². The Labute approximate surface area is 194 Å². The monoisotopic (exact) mass is 466 g/mol. The van der Waals surface area contributed by atoms with E-state index in [0.717, 1.165) is 30.5 Å². The van der Waals surface area contributed by atoms with Crippen LogP contribution < -0.4 is 11.2 Å². The lowest BCUT2D eigenvalue weighted by Crippen LogP contribution is -2.31. The van der Waals surface area contributed by atoms with E-state index in [1.165, 1.54) is 15.6 Å². The molecule has 0 spiro atoms. The largest absolute Gasteiger partial charge is 0.457 e. The molecular weight excluding hydrogens is 440 g/mol. The Morgan fingerprint density at radius 3 is 2.53 bits per heavy atom. The van der Waals surface area contributed by atoms with Crippen molar-refractivity contribution in [2.75, 3.05) is 0 Å². The Morgan fingerprint density at radius 1 is 1.06 bits per heavy atom. The number of hydrogen-bond acceptors (Lipinski definition) is 8. The number of aromatic nitrogens is 8. The summed E-state index contributed by atoms with van der Waals surface area (Å²) in [6.07, 6.45) is 3.97. The number of H-pyrrole nitrogens is 1. The van der Waals surface area contributed by atoms with Crippen molar-refractivity contribution in [2.45, 2.75) is 59.2 Å². The number of rotatable bonds is 10. The second kappa shape index (κ2) is 10.2. The number of hydrogen-bond donors (Lipinski definition) is 1. The first-order chi connectivity index (χ1) is 16.5. The summed E-state index contributed by atoms with van der Waals surface area (Å²) in [5, 5.41) is 11.0. The summed E-state index contributed by atoms with van der Waals surface area (Å²) < 4.78 is 10.2. The number of imidazole rings is 1. The summed E-state index contributed by atoms with van der Waals surface area (Å²) in [6, 6.07) is 7.22. The normalized spacial score (nSPS) is 11.2. The van der Waals surface area contributed by atoms with Crippen molar-refractivity contribution < 1.29 is 9.53 Å². The highest BCUT2D eigenvalue weighted by Gasteiger charge is 2.19. The first-order valence-electron chi connectivity index (χ1n) is 11.2. The molecule has 178 valence electrons. The number of nitrogens with one attached hydrogen (secondary N) is 1. The Balaban J connectivity index is 1.52. The highest BCUT2D eigenvalue weighted by molar-refractivity contribution is 5.73. The average molecular weight is 467 g/mol. The number of carbonyl (C=O) groups is 1. The fraction of sp³-hybridized carbons (Fsp3) is 0.409. The number of benzene rings is 1. The van der Waals surface area contributed by atoms with Crippen LogP contribution in [0, 0.1) is 0 Å². The molecule has 3 heterocycles. The van der Waals surface area contributed by atoms with Gasteiger partial charge in [0.15, 0.2) is 11.2 Å². The molecule has 0 unspecified atom stereocenters. The number of aromatic amines is 1. The Kier molecular flexibility index (Phi) is 6.95. The Hall–Kier alpha value is -4.09. The smallest absolute Gasteiger partial charge is 0.330 e. The first kappa shape index (κ1) is 23.1. The van der Waals surface area contributed by atoms with Crippen LogP contribution in [0.25, 0.3) is 16.9 Å². The molecule has 1 N–H and O–H groups in total. The maximum atomic E-state index is 12.6. The molecular formula is C22H26N8O4. The summed E-state index contributed by atoms with van der Waals surface area (Å²) in [5.41, 5.74) is 1.21. The highest BCUT2D eigenvalue weighted by atomic mass is 16.5. The first-order valence-corrected chi connectivity index (χ1v) is 11.2. The van der Waals surface area contributed by atoms with E-state index in [4.69, 9.17) is 4.74 Å². The lowest BCUT2D eigenvalue weighted by molar-refractivity contribution is -0.144. The van der Waals surface area contributed by atoms with Gasteiger partial charge in [0, 0.05) is 13.1 Å². The number of ether oxygens (including phenoxy) is 1. The predicted molar refractivity (Wildman–Crippen MR) is 122 cm³/mol. The van der Waals surface area contributed by atoms with Crippen LogP contribution >= 0.6 is 0 Å². The Bertz CT molecular complexity index is 1380. The molecule has 34 heavy (non-hydrogen) atoms. The number of carbonyl (C=O) groups excluding carboxylic acids is 1. The maximum Gasteiger partial charge on any atom is 0.330 e. The molecule has 4 rings (SSSR count). The van der Waals surface area contributed by atoms with Crippen molar-refractivity contribution in [3.8, 4) is 5.69 Å². The molecule has 0 saturated heterocycles. The average Bonchev–Trinajstić information content (AvgIpc) is 3.47. The molecule has 1 aromatic carbocycles. The molecule has 0 aliphatic rings. The molecule has 0 saturated carbocycles. The molecule has 12 heteroatoms. The minimum absolute atomic E-state index is 0.0751. The van der Waals surface area contributed by atoms with Crippen molar-refractivity contribution in [3.05, 3.63) is 62.8 Å². The van der Waals surface area contributed by atoms with Crippen molar-refractivity contribution >= 4 is 17.1 Å². The van der Waals surface area contributed by atoms with Gasteiger partial charge in [-0.05, 0) is 41.0 Å². The topological polar surface area (TPSA) is 143 Å². The van der Waals surface area contributed by atoms with Crippen LogP contribution in [0.15, 0.2) is 40.2 Å². The van der Waals surface area contributed by atoms with Gasteiger partial charge >= 0.3 is 11.7 Å². The lowest BCUT2D eigenvalue weighted by atomic mass is 10.1. The van der Waals surface area contributed by atoms with Crippen LogP contribution in [0.3, 0.4) is 0 Å². The van der Waals surface area contributed by atoms with Gasteiger partial charge in [-0.15, -0.1) is 5.10 Å². The Morgan fingerprint density at radius 2 is 1.85 bits per heavy atom. The van der Waals surface area contributed by atoms with E-state index in [1.54, 1.807) is 16.7 Å². The quantitative estimate of drug-likeness (QED) is 0.345. The third-order valence-corrected chi connectivity index (χ3v) is 5.41. The summed E-state index contributed by atoms with van der Waals surface area (Å²) in [5.74, 6) is 0.00291. The third-order valence-electron chi connectivity index (χ3n) is 5.41. The van der Waals surface area contributed by atoms with Crippen molar-refractivity contribution in [1.82, 2.24) is 39.3 Å². The molecule has 0 amide bonds. The molecule has 0 radical (unpaired) electrons. The zero-order valence-electron chi connectivity index (χ0n) is 19.1. The van der Waals surface area contributed by atoms with Gasteiger partial charge in [0.1, 0.15) is 18.8 Å². The fourth-order valence-corrected chi connectivity index (χ4v) is 3.72. The van der Waals surface area contributed by atoms with Gasteiger partial charge in [-0.1, -0.05) is 32.4 Å². The fourth-order valence-electron chi connectivity index (χ4n) is 3.72. The molecule has 0 atom stereocenters. The van der Waals surface area contributed by atoms with Gasteiger partial charge < -0.3 is 9.30 Å². The predicted octanol–water partition coefficient (Wildman–Crippen LogP) is 1.36. The van der Waals surface area contributed by atoms with Crippen molar-refractivity contribution in [1.29, 1.82) is 0 Å². The second-order valence-corrected chi connectivity index (χ2v) is 7.87. The van der Waals surface area contributed by atoms with Gasteiger partial charge in [-0.25, -0.2) is 14.5 Å². The van der Waals surface area contributed by atoms with Crippen LogP contribution in [-0.2, 0) is 35.6 Å². The molecule has 12 nitrogen and oxygen atoms in total. The highest BCUT2D eigenvalue weighted by Crippen LogP contribution is 2.15. The van der Waals surface area contributed by atoms with Crippen LogP contribution in [-0.4, -0.2) is 45.3 Å². The maximum absolute atomic E-state index is 12.6. The van der Waals surface area contributed by atoms with E-state index >= 15 is 0 Å². The molecule has 4 aromatic rings. The summed E-state index contributed by atoms with van der Waals surface area (Å²) in [6.45, 7) is 4.86. The minimum atomic E-state index is -0.492. The molecule has 0 aliphatic heterocycles. The zero-order valence-corrected chi connectivity index (χ0v) is 19.1. The molecule has 0 fully saturated rings. The van der Waals surface area contributed by atoms with E-state index in [1.807, 2.05) is 26.0 Å². The SMILES string of the molecule is CCCCn1c(=O)[nH]c(=O)c2c1nc(COC(=O)Cc1ccc(-n3cnnn3)cc1)n2CCC. The molecule has 0 bridgehead atoms. The summed E-state index contributed by atoms with van der Waals surface area (Å²) in [7, 11) is 0. The number of fused-ring (bicyclic) bond motifs is 1. The number of esters is 1. The van der Waals surface area contributed by atoms with E-state index < -0.39 is 17.2 Å². The lowest BCUT2D eigenvalue weighted by Gasteiger charge is -2.09. The third kappa shape index (κ3) is 4.80. The molecule has 3 aromatic heterocycles. The van der Waals surface area contributed by atoms with E-state index in [-0.39, 0.29) is 13.0 Å². The van der Waals surface area contributed by atoms with Crippen LogP contribution in [0.2, 0.25) is 0 Å². The molecule has 0 aliphatic carbocycles. The van der Waals surface area contributed by atoms with Crippen molar-refractivity contribution in [2.24, 2.45) is 0 Å². The van der Waals surface area contributed by atoms with Crippen LogP contribution in [0.4, 0.5) is 0 Å². The van der Waals surface area contributed by atoms with Gasteiger partial charge in [0.2, 0.25) is 0 Å². The summed E-state index contributed by atoms with van der Waals surface area (Å²) in [4.78, 5) is 44.4. The number of unbranched alkanes of at least 4 members (excludes halogenated alkanes) is 1. The van der Waals surface area contributed by atoms with Gasteiger partial charge in [-0.3, -0.25) is 19.1 Å². The van der Waals surface area contributed by atoms with E-state index in [9.17, 15) is 14.4 Å². The minimum Gasteiger partial charge on any atom is -0.457 e. The van der Waals surface area contributed by atoms with Crippen LogP contribution in [0.1, 0.15) is 44.5 Å². The zero-order chi connectivity index (χ0) is 24.1. The van der Waals surface area contributed by atoms with E-state index in [0.29, 0.717) is 30.1 Å². The van der Waals surface area contributed by atoms with Gasteiger partial charge in [-0.2, -0.15) is 0 Å². The number of aryl methyl sites for hydroxylation is 2. The second-order valence-electron chi connectivity index (χ2n) is 7.87. The van der Waals surface area contributed by atoms with Crippen molar-refractivity contribution in [3.63, 3.8) is 0 Å². The van der Waals surface area contributed by atoms with Gasteiger partial charge in [0.25, 0.3) is 5.56 Å². The number of tetrazole rings is 1. The summed E-state index contributed by atoms with van der Waals surface area (Å²) >= 11 is 0. The van der Waals surface area contributed by atoms with E-state index in [2.05, 4.69) is 25.5 Å². The standard InChI is InChI=1S/C22H26N8O4/c1-3-5-11-29-20-19(21(32)25-22(29)33)28(10-4-2)17(24-20)13-34-18(31)12-15-6-8-16(9-7-15)30-14-23-26-27-30/h6-9,14H,3-5,10-13H2,1-2H3,(H,25,32,33). The number of nitrogens with zero attached hydrogens (tertiary/aromatic N) is 7. The van der Waals surface area contributed by atoms with Crippen LogP contribution in [0.5, 0.6) is 0 Å².